The van der Waals surface area contributed by atoms with Gasteiger partial charge in [0.15, 0.2) is 5.65 Å². The quantitative estimate of drug-likeness (QED) is 0.872. The first-order chi connectivity index (χ1) is 11.0. The lowest BCUT2D eigenvalue weighted by atomic mass is 9.90. The van der Waals surface area contributed by atoms with E-state index in [4.69, 9.17) is 0 Å². The van der Waals surface area contributed by atoms with Crippen LogP contribution in [0.1, 0.15) is 19.8 Å². The Kier molecular flexibility index (Phi) is 3.89. The minimum absolute atomic E-state index is 0.183. The van der Waals surface area contributed by atoms with Crippen LogP contribution < -0.4 is 5.69 Å². The van der Waals surface area contributed by atoms with Crippen molar-refractivity contribution >= 4 is 17.5 Å². The Hall–Kier alpha value is -2.64. The van der Waals surface area contributed by atoms with Crippen molar-refractivity contribution in [3.05, 3.63) is 34.9 Å². The fraction of sp³-hybridized carbons (Fsp3) is 0.467. The van der Waals surface area contributed by atoms with Gasteiger partial charge in [0.25, 0.3) is 0 Å². The molecule has 0 saturated carbocycles. The first-order valence-corrected chi connectivity index (χ1v) is 7.55. The van der Waals surface area contributed by atoms with Gasteiger partial charge in [-0.2, -0.15) is 0 Å². The average Bonchev–Trinajstić information content (AvgIpc) is 2.84. The van der Waals surface area contributed by atoms with Crippen LogP contribution in [0, 0.1) is 5.92 Å². The predicted molar refractivity (Wildman–Crippen MR) is 81.0 cm³/mol. The van der Waals surface area contributed by atoms with Gasteiger partial charge in [-0.3, -0.25) is 14.0 Å². The Morgan fingerprint density at radius 1 is 1.39 bits per heavy atom. The monoisotopic (exact) mass is 318 g/mol. The SMILES string of the molecule is C[C@@H]1[C@H](C(=O)O)CCCN1C(=O)Cn1nc2ccccn2c1=O. The fourth-order valence-corrected chi connectivity index (χ4v) is 3.12. The van der Waals surface area contributed by atoms with Crippen LogP contribution >= 0.6 is 0 Å². The molecule has 122 valence electrons. The summed E-state index contributed by atoms with van der Waals surface area (Å²) in [7, 11) is 0. The van der Waals surface area contributed by atoms with Crippen molar-refractivity contribution in [2.24, 2.45) is 5.92 Å². The molecule has 1 N–H and O–H groups in total. The zero-order valence-corrected chi connectivity index (χ0v) is 12.8. The van der Waals surface area contributed by atoms with Crippen molar-refractivity contribution in [2.75, 3.05) is 6.54 Å². The number of piperidine rings is 1. The number of nitrogens with zero attached hydrogens (tertiary/aromatic N) is 4. The van der Waals surface area contributed by atoms with Crippen LogP contribution in [0.2, 0.25) is 0 Å². The first kappa shape index (κ1) is 15.3. The van der Waals surface area contributed by atoms with Crippen molar-refractivity contribution in [3.63, 3.8) is 0 Å². The van der Waals surface area contributed by atoms with Crippen molar-refractivity contribution < 1.29 is 14.7 Å². The van der Waals surface area contributed by atoms with Gasteiger partial charge in [0.05, 0.1) is 5.92 Å². The normalized spacial score (nSPS) is 21.5. The minimum atomic E-state index is -0.889. The van der Waals surface area contributed by atoms with E-state index in [-0.39, 0.29) is 24.2 Å². The molecule has 1 aliphatic heterocycles. The molecular weight excluding hydrogens is 300 g/mol. The number of aromatic nitrogens is 3. The predicted octanol–water partition coefficient (Wildman–Crippen LogP) is 0.208. The average molecular weight is 318 g/mol. The molecule has 8 heteroatoms. The Labute approximate surface area is 131 Å². The summed E-state index contributed by atoms with van der Waals surface area (Å²) in [5, 5.41) is 13.4. The third-order valence-corrected chi connectivity index (χ3v) is 4.40. The van der Waals surface area contributed by atoms with E-state index in [1.54, 1.807) is 36.2 Å². The van der Waals surface area contributed by atoms with Gasteiger partial charge in [-0.1, -0.05) is 6.07 Å². The molecule has 1 amide bonds. The zero-order chi connectivity index (χ0) is 16.6. The smallest absolute Gasteiger partial charge is 0.350 e. The lowest BCUT2D eigenvalue weighted by molar-refractivity contribution is -0.149. The number of fused-ring (bicyclic) bond motifs is 1. The van der Waals surface area contributed by atoms with Gasteiger partial charge in [-0.15, -0.1) is 5.10 Å². The minimum Gasteiger partial charge on any atom is -0.481 e. The Morgan fingerprint density at radius 2 is 2.17 bits per heavy atom. The van der Waals surface area contributed by atoms with Crippen LogP contribution in [0.25, 0.3) is 5.65 Å². The van der Waals surface area contributed by atoms with E-state index in [1.807, 2.05) is 0 Å². The maximum absolute atomic E-state index is 12.5. The van der Waals surface area contributed by atoms with Crippen LogP contribution in [0.4, 0.5) is 0 Å². The van der Waals surface area contributed by atoms with Crippen molar-refractivity contribution in [2.45, 2.75) is 32.4 Å². The van der Waals surface area contributed by atoms with E-state index in [2.05, 4.69) is 5.10 Å². The third-order valence-electron chi connectivity index (χ3n) is 4.40. The van der Waals surface area contributed by atoms with Gasteiger partial charge in [-0.05, 0) is 31.9 Å². The number of aliphatic carboxylic acids is 1. The van der Waals surface area contributed by atoms with E-state index < -0.39 is 11.9 Å². The number of carbonyl (C=O) groups is 2. The van der Waals surface area contributed by atoms with Crippen LogP contribution in [0.15, 0.2) is 29.2 Å². The van der Waals surface area contributed by atoms with E-state index >= 15 is 0 Å². The third kappa shape index (κ3) is 2.71. The summed E-state index contributed by atoms with van der Waals surface area (Å²) in [4.78, 5) is 37.5. The molecule has 0 bridgehead atoms. The second-order valence-corrected chi connectivity index (χ2v) is 5.78. The van der Waals surface area contributed by atoms with Gasteiger partial charge in [0.1, 0.15) is 6.54 Å². The lowest BCUT2D eigenvalue weighted by Crippen LogP contribution is -2.50. The molecule has 1 fully saturated rings. The van der Waals surface area contributed by atoms with Crippen LogP contribution in [0.3, 0.4) is 0 Å². The van der Waals surface area contributed by atoms with Crippen molar-refractivity contribution in [3.8, 4) is 0 Å². The fourth-order valence-electron chi connectivity index (χ4n) is 3.12. The Morgan fingerprint density at radius 3 is 2.87 bits per heavy atom. The van der Waals surface area contributed by atoms with Crippen LogP contribution in [-0.4, -0.2) is 48.7 Å². The lowest BCUT2D eigenvalue weighted by Gasteiger charge is -2.37. The van der Waals surface area contributed by atoms with Crippen LogP contribution in [0.5, 0.6) is 0 Å². The number of hydrogen-bond acceptors (Lipinski definition) is 4. The maximum Gasteiger partial charge on any atom is 0.350 e. The molecule has 0 unspecified atom stereocenters. The summed E-state index contributed by atoms with van der Waals surface area (Å²) in [6, 6.07) is 4.78. The molecule has 2 aromatic heterocycles. The number of amides is 1. The molecule has 1 aliphatic rings. The molecule has 23 heavy (non-hydrogen) atoms. The molecule has 3 heterocycles. The highest BCUT2D eigenvalue weighted by molar-refractivity contribution is 5.78. The number of carboxylic acids is 1. The number of rotatable bonds is 3. The number of likely N-dealkylation sites (tertiary alicyclic amines) is 1. The number of carbonyl (C=O) groups excluding carboxylic acids is 1. The summed E-state index contributed by atoms with van der Waals surface area (Å²) in [5.41, 5.74) is 0.0915. The van der Waals surface area contributed by atoms with Crippen LogP contribution in [-0.2, 0) is 16.1 Å². The van der Waals surface area contributed by atoms with E-state index in [0.29, 0.717) is 25.0 Å². The van der Waals surface area contributed by atoms with Crippen molar-refractivity contribution in [1.82, 2.24) is 19.1 Å². The van der Waals surface area contributed by atoms with Gasteiger partial charge in [-0.25, -0.2) is 9.48 Å². The molecule has 0 aliphatic carbocycles. The summed E-state index contributed by atoms with van der Waals surface area (Å²) in [6.07, 6.45) is 2.80. The number of carboxylic acid groups (broad SMARTS) is 1. The second-order valence-electron chi connectivity index (χ2n) is 5.78. The summed E-state index contributed by atoms with van der Waals surface area (Å²) in [5.74, 6) is -1.74. The molecule has 1 saturated heterocycles. The molecule has 2 atom stereocenters. The summed E-state index contributed by atoms with van der Waals surface area (Å²) in [6.45, 7) is 2.06. The van der Waals surface area contributed by atoms with E-state index in [1.165, 1.54) is 4.40 Å². The largest absolute Gasteiger partial charge is 0.481 e. The molecule has 0 radical (unpaired) electrons. The highest BCUT2D eigenvalue weighted by atomic mass is 16.4. The molecular formula is C15H18N4O4. The van der Waals surface area contributed by atoms with Crippen molar-refractivity contribution in [1.29, 1.82) is 0 Å². The highest BCUT2D eigenvalue weighted by Gasteiger charge is 2.35. The van der Waals surface area contributed by atoms with Gasteiger partial charge < -0.3 is 10.0 Å². The van der Waals surface area contributed by atoms with Gasteiger partial charge >= 0.3 is 11.7 Å². The van der Waals surface area contributed by atoms with E-state index in [9.17, 15) is 19.5 Å². The molecule has 8 nitrogen and oxygen atoms in total. The Balaban J connectivity index is 1.81. The molecule has 0 aromatic carbocycles. The first-order valence-electron chi connectivity index (χ1n) is 7.55. The molecule has 3 rings (SSSR count). The standard InChI is InChI=1S/C15H18N4O4/c1-10-11(14(21)22)5-4-8-17(10)13(20)9-19-15(23)18-7-3-2-6-12(18)16-19/h2-3,6-7,10-11H,4-5,8-9H2,1H3,(H,21,22)/t10-,11-/m1/s1. The highest BCUT2D eigenvalue weighted by Crippen LogP contribution is 2.23. The number of hydrogen-bond donors (Lipinski definition) is 1. The van der Waals surface area contributed by atoms with E-state index in [0.717, 1.165) is 4.68 Å². The molecule has 2 aromatic rings. The molecule has 0 spiro atoms. The number of pyridine rings is 1. The second kappa shape index (κ2) is 5.86. The summed E-state index contributed by atoms with van der Waals surface area (Å²) < 4.78 is 2.49. The maximum atomic E-state index is 12.5. The topological polar surface area (TPSA) is 96.9 Å². The summed E-state index contributed by atoms with van der Waals surface area (Å²) >= 11 is 0. The van der Waals surface area contributed by atoms with Gasteiger partial charge in [0.2, 0.25) is 5.91 Å². The van der Waals surface area contributed by atoms with Gasteiger partial charge in [0, 0.05) is 18.8 Å². The zero-order valence-electron chi connectivity index (χ0n) is 12.8. The Bertz CT molecular complexity index is 809.